The van der Waals surface area contributed by atoms with E-state index in [1.54, 1.807) is 12.1 Å². The third-order valence-corrected chi connectivity index (χ3v) is 4.35. The highest BCUT2D eigenvalue weighted by atomic mass is 16.7. The minimum atomic E-state index is -1.21. The van der Waals surface area contributed by atoms with Crippen molar-refractivity contribution in [3.63, 3.8) is 0 Å². The molecule has 1 aromatic rings. The molecule has 0 spiro atoms. The maximum absolute atomic E-state index is 11.8. The molecule has 0 aliphatic carbocycles. The number of aryl methyl sites for hydroxylation is 1. The van der Waals surface area contributed by atoms with E-state index in [4.69, 9.17) is 23.7 Å². The summed E-state index contributed by atoms with van der Waals surface area (Å²) in [6.45, 7) is 6.41. The van der Waals surface area contributed by atoms with Crippen molar-refractivity contribution in [2.75, 3.05) is 11.9 Å². The molecule has 1 aromatic carbocycles. The van der Waals surface area contributed by atoms with Gasteiger partial charge in [-0.2, -0.15) is 0 Å². The molecule has 1 aliphatic rings. The van der Waals surface area contributed by atoms with Crippen molar-refractivity contribution in [3.8, 4) is 0 Å². The summed E-state index contributed by atoms with van der Waals surface area (Å²) < 4.78 is 27.1. The van der Waals surface area contributed by atoms with Gasteiger partial charge in [0.1, 0.15) is 12.7 Å². The lowest BCUT2D eigenvalue weighted by molar-refractivity contribution is -0.247. The van der Waals surface area contributed by atoms with Gasteiger partial charge in [0.2, 0.25) is 0 Å². The Morgan fingerprint density at radius 2 is 1.32 bits per heavy atom. The lowest BCUT2D eigenvalue weighted by Crippen LogP contribution is -2.64. The number of rotatable bonds is 7. The van der Waals surface area contributed by atoms with Gasteiger partial charge in [-0.3, -0.25) is 19.2 Å². The molecule has 10 heteroatoms. The zero-order valence-electron chi connectivity index (χ0n) is 18.1. The van der Waals surface area contributed by atoms with Gasteiger partial charge in [0, 0.05) is 33.4 Å². The molecule has 170 valence electrons. The largest absolute Gasteiger partial charge is 0.463 e. The number of anilines is 1. The zero-order valence-corrected chi connectivity index (χ0v) is 18.1. The van der Waals surface area contributed by atoms with Gasteiger partial charge in [0.15, 0.2) is 24.5 Å². The van der Waals surface area contributed by atoms with Crippen molar-refractivity contribution in [2.45, 2.75) is 65.3 Å². The van der Waals surface area contributed by atoms with E-state index in [0.717, 1.165) is 5.56 Å². The number of benzene rings is 1. The van der Waals surface area contributed by atoms with Gasteiger partial charge in [-0.05, 0) is 19.1 Å². The highest BCUT2D eigenvalue weighted by Gasteiger charge is 2.52. The zero-order chi connectivity index (χ0) is 23.1. The molecule has 1 aliphatic heterocycles. The van der Waals surface area contributed by atoms with Crippen molar-refractivity contribution in [3.05, 3.63) is 29.8 Å². The van der Waals surface area contributed by atoms with Crippen molar-refractivity contribution in [1.29, 1.82) is 0 Å². The minimum absolute atomic E-state index is 0.274. The molecule has 0 amide bonds. The lowest BCUT2D eigenvalue weighted by atomic mass is 9.97. The van der Waals surface area contributed by atoms with Crippen LogP contribution in [0.25, 0.3) is 0 Å². The first-order valence-electron chi connectivity index (χ1n) is 9.70. The number of nitrogens with one attached hydrogen (secondary N) is 1. The Kier molecular flexibility index (Phi) is 8.38. The Morgan fingerprint density at radius 1 is 0.806 bits per heavy atom. The maximum Gasteiger partial charge on any atom is 0.303 e. The van der Waals surface area contributed by atoms with Crippen LogP contribution in [-0.4, -0.2) is 61.1 Å². The van der Waals surface area contributed by atoms with Crippen molar-refractivity contribution in [1.82, 2.24) is 0 Å². The van der Waals surface area contributed by atoms with Gasteiger partial charge in [0.25, 0.3) is 0 Å². The number of ether oxygens (including phenoxy) is 5. The summed E-state index contributed by atoms with van der Waals surface area (Å²) in [7, 11) is 0. The topological polar surface area (TPSA) is 126 Å². The quantitative estimate of drug-likeness (QED) is 0.495. The van der Waals surface area contributed by atoms with Gasteiger partial charge >= 0.3 is 23.9 Å². The predicted octanol–water partition coefficient (Wildman–Crippen LogP) is 1.49. The molecule has 10 nitrogen and oxygen atoms in total. The van der Waals surface area contributed by atoms with E-state index in [9.17, 15) is 19.2 Å². The van der Waals surface area contributed by atoms with Crippen molar-refractivity contribution >= 4 is 29.6 Å². The van der Waals surface area contributed by atoms with E-state index in [1.165, 1.54) is 27.7 Å². The molecule has 1 heterocycles. The van der Waals surface area contributed by atoms with E-state index in [2.05, 4.69) is 5.32 Å². The van der Waals surface area contributed by atoms with Crippen LogP contribution in [0.4, 0.5) is 5.69 Å². The van der Waals surface area contributed by atoms with E-state index >= 15 is 0 Å². The summed E-state index contributed by atoms with van der Waals surface area (Å²) in [5.41, 5.74) is 1.68. The van der Waals surface area contributed by atoms with Crippen LogP contribution in [0.5, 0.6) is 0 Å². The Morgan fingerprint density at radius 3 is 1.84 bits per heavy atom. The number of hydrogen-bond acceptors (Lipinski definition) is 10. The molecule has 0 bridgehead atoms. The maximum atomic E-state index is 11.8. The van der Waals surface area contributed by atoms with Crippen LogP contribution in [0.2, 0.25) is 0 Å². The number of carbonyl (C=O) groups is 4. The fraction of sp³-hybridized carbons (Fsp3) is 0.524. The van der Waals surface area contributed by atoms with Crippen LogP contribution in [0.3, 0.4) is 0 Å². The monoisotopic (exact) mass is 437 g/mol. The van der Waals surface area contributed by atoms with E-state index in [-0.39, 0.29) is 6.61 Å². The average Bonchev–Trinajstić information content (AvgIpc) is 2.65. The fourth-order valence-electron chi connectivity index (χ4n) is 3.16. The molecular formula is C21H27NO9. The third-order valence-electron chi connectivity index (χ3n) is 4.35. The molecule has 2 rings (SSSR count). The van der Waals surface area contributed by atoms with Crippen LogP contribution in [0.15, 0.2) is 24.3 Å². The average molecular weight is 437 g/mol. The van der Waals surface area contributed by atoms with Crippen LogP contribution in [0.1, 0.15) is 33.3 Å². The predicted molar refractivity (Wildman–Crippen MR) is 107 cm³/mol. The second kappa shape index (κ2) is 10.8. The van der Waals surface area contributed by atoms with Gasteiger partial charge in [0.05, 0.1) is 0 Å². The summed E-state index contributed by atoms with van der Waals surface area (Å²) in [5.74, 6) is -2.58. The van der Waals surface area contributed by atoms with Gasteiger partial charge in [-0.25, -0.2) is 0 Å². The second-order valence-corrected chi connectivity index (χ2v) is 7.13. The third kappa shape index (κ3) is 7.25. The minimum Gasteiger partial charge on any atom is -0.463 e. The number of hydrogen-bond donors (Lipinski definition) is 1. The molecular weight excluding hydrogens is 410 g/mol. The summed E-state index contributed by atoms with van der Waals surface area (Å²) >= 11 is 0. The normalized spacial score (nSPS) is 25.1. The Hall–Kier alpha value is -3.14. The molecule has 0 radical (unpaired) electrons. The first kappa shape index (κ1) is 24.1. The molecule has 1 fully saturated rings. The summed E-state index contributed by atoms with van der Waals surface area (Å²) in [6.07, 6.45) is -5.53. The second-order valence-electron chi connectivity index (χ2n) is 7.13. The number of esters is 4. The number of carbonyl (C=O) groups excluding carboxylic acids is 4. The summed E-state index contributed by atoms with van der Waals surface area (Å²) in [4.78, 5) is 46.6. The molecule has 0 aromatic heterocycles. The first-order chi connectivity index (χ1) is 14.6. The van der Waals surface area contributed by atoms with Crippen LogP contribution in [0, 0.1) is 6.92 Å². The molecule has 0 saturated carbocycles. The van der Waals surface area contributed by atoms with Gasteiger partial charge in [-0.15, -0.1) is 0 Å². The van der Waals surface area contributed by atoms with Gasteiger partial charge in [-0.1, -0.05) is 17.7 Å². The van der Waals surface area contributed by atoms with Crippen LogP contribution >= 0.6 is 0 Å². The van der Waals surface area contributed by atoms with Crippen molar-refractivity contribution in [2.24, 2.45) is 0 Å². The van der Waals surface area contributed by atoms with E-state index in [1.807, 2.05) is 19.1 Å². The highest BCUT2D eigenvalue weighted by Crippen LogP contribution is 2.30. The molecule has 1 N–H and O–H groups in total. The Bertz CT molecular complexity index is 808. The highest BCUT2D eigenvalue weighted by molar-refractivity contribution is 5.69. The van der Waals surface area contributed by atoms with Gasteiger partial charge < -0.3 is 29.0 Å². The van der Waals surface area contributed by atoms with Crippen LogP contribution < -0.4 is 5.32 Å². The smallest absolute Gasteiger partial charge is 0.303 e. The Balaban J connectivity index is 2.43. The Labute approximate surface area is 180 Å². The molecule has 1 saturated heterocycles. The summed E-state index contributed by atoms with van der Waals surface area (Å²) in [6, 6.07) is 7.33. The fourth-order valence-corrected chi connectivity index (χ4v) is 3.16. The van der Waals surface area contributed by atoms with Crippen LogP contribution in [-0.2, 0) is 42.9 Å². The molecule has 5 atom stereocenters. The summed E-state index contributed by atoms with van der Waals surface area (Å²) in [5, 5.41) is 3.09. The molecule has 0 unspecified atom stereocenters. The SMILES string of the molecule is CC(=O)OC[C@@H]1O[C@@H](Nc2ccc(C)cc2)[C@H](OC(C)=O)[C@H](OC(C)=O)[C@@H]1OC(C)=O. The lowest BCUT2D eigenvalue weighted by Gasteiger charge is -2.44. The van der Waals surface area contributed by atoms with Crippen molar-refractivity contribution < 1.29 is 42.9 Å². The standard InChI is InChI=1S/C21H27NO9/c1-11-6-8-16(9-7-11)22-21-20(30-15(5)26)19(29-14(4)25)18(28-13(3)24)17(31-21)10-27-12(2)23/h6-9,17-22H,10H2,1-5H3/t17-,18+,19+,20+,21+/m0/s1. The first-order valence-corrected chi connectivity index (χ1v) is 9.70. The van der Waals surface area contributed by atoms with E-state index in [0.29, 0.717) is 5.69 Å². The van der Waals surface area contributed by atoms with E-state index < -0.39 is 54.5 Å². The molecule has 31 heavy (non-hydrogen) atoms.